The Morgan fingerprint density at radius 3 is 2.70 bits per heavy atom. The van der Waals surface area contributed by atoms with Crippen molar-refractivity contribution in [3.63, 3.8) is 0 Å². The molecular weight excluding hydrogens is 122 g/mol. The second-order valence-corrected chi connectivity index (χ2v) is 2.48. The van der Waals surface area contributed by atoms with Crippen LogP contribution < -0.4 is 0 Å². The molecule has 0 aliphatic rings. The maximum Gasteiger partial charge on any atom is 0.0621 e. The second kappa shape index (κ2) is 8.49. The van der Waals surface area contributed by atoms with E-state index in [1.807, 2.05) is 0 Å². The minimum absolute atomic E-state index is 0.687. The summed E-state index contributed by atoms with van der Waals surface area (Å²) in [7, 11) is 0. The van der Waals surface area contributed by atoms with Gasteiger partial charge in [-0.25, -0.2) is 0 Å². The molecule has 0 unspecified atom stereocenters. The molecule has 0 fully saturated rings. The lowest BCUT2D eigenvalue weighted by Crippen LogP contribution is -1.78. The summed E-state index contributed by atoms with van der Waals surface area (Å²) < 4.78 is 0. The molecule has 0 aliphatic carbocycles. The molecule has 0 aromatic rings. The Labute approximate surface area is 64.1 Å². The molecule has 0 aliphatic heterocycles. The highest BCUT2D eigenvalue weighted by molar-refractivity contribution is 4.75. The van der Waals surface area contributed by atoms with E-state index in [9.17, 15) is 0 Å². The van der Waals surface area contributed by atoms with Crippen LogP contribution >= 0.6 is 0 Å². The first-order valence-corrected chi connectivity index (χ1v) is 4.10. The van der Waals surface area contributed by atoms with E-state index in [2.05, 4.69) is 19.4 Å². The molecule has 0 aromatic carbocycles. The number of unbranched alkanes of at least 4 members (excludes halogenated alkanes) is 6. The van der Waals surface area contributed by atoms with E-state index >= 15 is 0 Å². The third-order valence-electron chi connectivity index (χ3n) is 1.47. The van der Waals surface area contributed by atoms with Gasteiger partial charge in [-0.1, -0.05) is 32.6 Å². The standard InChI is InChI=1S/C9H16N/c1-2-3-4-5-6-7-8-9-10/h6H,2-5,7-8H2,1H3. The van der Waals surface area contributed by atoms with Crippen LogP contribution in [0.15, 0.2) is 0 Å². The van der Waals surface area contributed by atoms with Crippen LogP contribution in [0, 0.1) is 17.8 Å². The summed E-state index contributed by atoms with van der Waals surface area (Å²) in [5.74, 6) is 0. The molecule has 1 radical (unpaired) electrons. The minimum atomic E-state index is 0.687. The van der Waals surface area contributed by atoms with Crippen LogP contribution in [0.25, 0.3) is 0 Å². The van der Waals surface area contributed by atoms with Gasteiger partial charge >= 0.3 is 0 Å². The van der Waals surface area contributed by atoms with E-state index in [1.165, 1.54) is 25.7 Å². The van der Waals surface area contributed by atoms with E-state index in [0.29, 0.717) is 6.42 Å². The van der Waals surface area contributed by atoms with E-state index in [4.69, 9.17) is 5.26 Å². The minimum Gasteiger partial charge on any atom is -0.198 e. The number of nitrogens with zero attached hydrogens (tertiary/aromatic N) is 1. The highest BCUT2D eigenvalue weighted by Crippen LogP contribution is 2.04. The average molecular weight is 138 g/mol. The van der Waals surface area contributed by atoms with Crippen molar-refractivity contribution in [1.29, 1.82) is 5.26 Å². The molecule has 1 heteroatoms. The van der Waals surface area contributed by atoms with Crippen molar-refractivity contribution in [3.8, 4) is 6.07 Å². The van der Waals surface area contributed by atoms with Gasteiger partial charge < -0.3 is 0 Å². The molecule has 0 spiro atoms. The van der Waals surface area contributed by atoms with Crippen molar-refractivity contribution in [2.45, 2.75) is 45.4 Å². The van der Waals surface area contributed by atoms with Gasteiger partial charge in [-0.2, -0.15) is 5.26 Å². The largest absolute Gasteiger partial charge is 0.198 e. The predicted molar refractivity (Wildman–Crippen MR) is 43.3 cm³/mol. The van der Waals surface area contributed by atoms with Crippen molar-refractivity contribution >= 4 is 0 Å². The maximum atomic E-state index is 8.20. The van der Waals surface area contributed by atoms with Gasteiger partial charge in [0.05, 0.1) is 6.07 Å². The quantitative estimate of drug-likeness (QED) is 0.517. The summed E-state index contributed by atoms with van der Waals surface area (Å²) in [6.45, 7) is 2.20. The Balaban J connectivity index is 2.72. The van der Waals surface area contributed by atoms with Crippen LogP contribution in [0.2, 0.25) is 0 Å². The van der Waals surface area contributed by atoms with Gasteiger partial charge in [0.25, 0.3) is 0 Å². The fourth-order valence-corrected chi connectivity index (χ4v) is 0.850. The zero-order valence-electron chi connectivity index (χ0n) is 6.77. The highest BCUT2D eigenvalue weighted by atomic mass is 14.2. The first kappa shape index (κ1) is 9.49. The van der Waals surface area contributed by atoms with Crippen molar-refractivity contribution < 1.29 is 0 Å². The molecule has 0 saturated carbocycles. The molecule has 1 nitrogen and oxygen atoms in total. The summed E-state index contributed by atoms with van der Waals surface area (Å²) in [5, 5.41) is 8.20. The molecule has 0 N–H and O–H groups in total. The summed E-state index contributed by atoms with van der Waals surface area (Å²) in [5.41, 5.74) is 0. The Morgan fingerprint density at radius 2 is 2.10 bits per heavy atom. The molecule has 0 rings (SSSR count). The van der Waals surface area contributed by atoms with Gasteiger partial charge in [-0.15, -0.1) is 0 Å². The number of nitriles is 1. The average Bonchev–Trinajstić information content (AvgIpc) is 1.97. The van der Waals surface area contributed by atoms with Crippen molar-refractivity contribution in [2.24, 2.45) is 0 Å². The van der Waals surface area contributed by atoms with E-state index in [1.54, 1.807) is 0 Å². The summed E-state index contributed by atoms with van der Waals surface area (Å²) in [6.07, 6.45) is 8.97. The lowest BCUT2D eigenvalue weighted by atomic mass is 10.1. The second-order valence-electron chi connectivity index (χ2n) is 2.48. The van der Waals surface area contributed by atoms with Crippen LogP contribution in [0.5, 0.6) is 0 Å². The zero-order chi connectivity index (χ0) is 7.66. The van der Waals surface area contributed by atoms with Gasteiger partial charge in [-0.3, -0.25) is 0 Å². The Morgan fingerprint density at radius 1 is 1.30 bits per heavy atom. The molecule has 10 heavy (non-hydrogen) atoms. The first-order chi connectivity index (χ1) is 4.91. The summed E-state index contributed by atoms with van der Waals surface area (Å²) in [6, 6.07) is 2.13. The molecule has 57 valence electrons. The molecule has 0 heterocycles. The Hall–Kier alpha value is -0.510. The Kier molecular flexibility index (Phi) is 8.06. The monoisotopic (exact) mass is 138 g/mol. The molecule has 0 amide bonds. The first-order valence-electron chi connectivity index (χ1n) is 4.10. The number of rotatable bonds is 6. The zero-order valence-corrected chi connectivity index (χ0v) is 6.77. The van der Waals surface area contributed by atoms with E-state index in [0.717, 1.165) is 6.42 Å². The third-order valence-corrected chi connectivity index (χ3v) is 1.47. The molecule has 0 bridgehead atoms. The van der Waals surface area contributed by atoms with Crippen LogP contribution in [-0.4, -0.2) is 0 Å². The van der Waals surface area contributed by atoms with Crippen molar-refractivity contribution in [3.05, 3.63) is 6.42 Å². The van der Waals surface area contributed by atoms with Gasteiger partial charge in [0, 0.05) is 6.42 Å². The number of hydrogen-bond acceptors (Lipinski definition) is 1. The molecule has 0 saturated heterocycles. The van der Waals surface area contributed by atoms with E-state index < -0.39 is 0 Å². The Bertz CT molecular complexity index is 91.4. The lowest BCUT2D eigenvalue weighted by molar-refractivity contribution is 0.693. The van der Waals surface area contributed by atoms with E-state index in [-0.39, 0.29) is 0 Å². The smallest absolute Gasteiger partial charge is 0.0621 e. The highest BCUT2D eigenvalue weighted by Gasteiger charge is 1.88. The van der Waals surface area contributed by atoms with Gasteiger partial charge in [0.1, 0.15) is 0 Å². The summed E-state index contributed by atoms with van der Waals surface area (Å²) >= 11 is 0. The summed E-state index contributed by atoms with van der Waals surface area (Å²) in [4.78, 5) is 0. The van der Waals surface area contributed by atoms with Gasteiger partial charge in [0.2, 0.25) is 0 Å². The lowest BCUT2D eigenvalue weighted by Gasteiger charge is -1.95. The van der Waals surface area contributed by atoms with Gasteiger partial charge in [-0.05, 0) is 12.8 Å². The number of hydrogen-bond donors (Lipinski definition) is 0. The van der Waals surface area contributed by atoms with Gasteiger partial charge in [0.15, 0.2) is 0 Å². The fraction of sp³-hybridized carbons (Fsp3) is 0.778. The van der Waals surface area contributed by atoms with Crippen LogP contribution in [0.1, 0.15) is 45.4 Å². The van der Waals surface area contributed by atoms with Crippen LogP contribution in [0.3, 0.4) is 0 Å². The fourth-order valence-electron chi connectivity index (χ4n) is 0.850. The normalized spacial score (nSPS) is 9.20. The maximum absolute atomic E-state index is 8.20. The molecular formula is C9H16N. The van der Waals surface area contributed by atoms with Crippen LogP contribution in [0.4, 0.5) is 0 Å². The van der Waals surface area contributed by atoms with Crippen LogP contribution in [-0.2, 0) is 0 Å². The van der Waals surface area contributed by atoms with Crippen molar-refractivity contribution in [1.82, 2.24) is 0 Å². The topological polar surface area (TPSA) is 23.8 Å². The molecule has 0 aromatic heterocycles. The van der Waals surface area contributed by atoms with Crippen molar-refractivity contribution in [2.75, 3.05) is 0 Å². The third kappa shape index (κ3) is 7.49. The predicted octanol–water partition coefficient (Wildman–Crippen LogP) is 3.07. The SMILES string of the molecule is CCCCC[CH]CCC#N. The molecule has 0 atom stereocenters.